The van der Waals surface area contributed by atoms with E-state index in [1.165, 1.54) is 16.1 Å². The Morgan fingerprint density at radius 3 is 2.68 bits per heavy atom. The molecule has 0 fully saturated rings. The van der Waals surface area contributed by atoms with E-state index in [2.05, 4.69) is 64.1 Å². The van der Waals surface area contributed by atoms with Crippen LogP contribution in [0.3, 0.4) is 0 Å². The third-order valence-corrected chi connectivity index (χ3v) is 4.15. The second kappa shape index (κ2) is 9.78. The van der Waals surface area contributed by atoms with Gasteiger partial charge in [-0.3, -0.25) is 4.99 Å². The van der Waals surface area contributed by atoms with E-state index < -0.39 is 0 Å². The molecule has 0 bridgehead atoms. The number of nitrogens with zero attached hydrogens (tertiary/aromatic N) is 2. The van der Waals surface area contributed by atoms with Crippen LogP contribution < -0.4 is 10.6 Å². The fourth-order valence-corrected chi connectivity index (χ4v) is 2.74. The maximum Gasteiger partial charge on any atom is 0.191 e. The van der Waals surface area contributed by atoms with Crippen LogP contribution in [-0.4, -0.2) is 18.0 Å². The second-order valence-electron chi connectivity index (χ2n) is 4.85. The minimum absolute atomic E-state index is 0. The molecule has 1 aromatic heterocycles. The summed E-state index contributed by atoms with van der Waals surface area (Å²) < 4.78 is 0. The van der Waals surface area contributed by atoms with Crippen LogP contribution in [0.15, 0.2) is 34.6 Å². The van der Waals surface area contributed by atoms with Gasteiger partial charge < -0.3 is 10.6 Å². The van der Waals surface area contributed by atoms with Crippen LogP contribution in [0.4, 0.5) is 0 Å². The zero-order valence-corrected chi connectivity index (χ0v) is 16.4. The lowest BCUT2D eigenvalue weighted by molar-refractivity contribution is 0.794. The van der Waals surface area contributed by atoms with E-state index >= 15 is 0 Å². The maximum absolute atomic E-state index is 4.54. The molecule has 2 rings (SSSR count). The standard InChI is InChI=1S/C16H22N4S.HI/c1-4-15-20-14(11-21-15)10-19-16(17-3)18-9-13-7-5-6-12(2)8-13;/h5-8,11H,4,9-10H2,1-3H3,(H2,17,18,19);1H. The third kappa shape index (κ3) is 5.92. The first-order valence-corrected chi connectivity index (χ1v) is 8.02. The minimum Gasteiger partial charge on any atom is -0.352 e. The zero-order valence-electron chi connectivity index (χ0n) is 13.2. The molecule has 2 N–H and O–H groups in total. The molecular formula is C16H23IN4S. The van der Waals surface area contributed by atoms with E-state index in [0.29, 0.717) is 6.54 Å². The molecule has 4 nitrogen and oxygen atoms in total. The van der Waals surface area contributed by atoms with Crippen LogP contribution >= 0.6 is 35.3 Å². The summed E-state index contributed by atoms with van der Waals surface area (Å²) in [6, 6.07) is 8.46. The van der Waals surface area contributed by atoms with Crippen LogP contribution in [0.2, 0.25) is 0 Å². The maximum atomic E-state index is 4.54. The Morgan fingerprint density at radius 2 is 2.05 bits per heavy atom. The highest BCUT2D eigenvalue weighted by Crippen LogP contribution is 2.09. The fraction of sp³-hybridized carbons (Fsp3) is 0.375. The highest BCUT2D eigenvalue weighted by molar-refractivity contribution is 14.0. The van der Waals surface area contributed by atoms with Gasteiger partial charge in [0.05, 0.1) is 17.2 Å². The smallest absolute Gasteiger partial charge is 0.191 e. The van der Waals surface area contributed by atoms with Crippen molar-refractivity contribution in [3.8, 4) is 0 Å². The topological polar surface area (TPSA) is 49.3 Å². The Bertz CT molecular complexity index is 610. The number of nitrogens with one attached hydrogen (secondary N) is 2. The molecule has 22 heavy (non-hydrogen) atoms. The first-order chi connectivity index (χ1) is 10.2. The molecule has 0 saturated carbocycles. The monoisotopic (exact) mass is 430 g/mol. The molecule has 0 radical (unpaired) electrons. The molecule has 0 saturated heterocycles. The summed E-state index contributed by atoms with van der Waals surface area (Å²) in [5.41, 5.74) is 3.59. The Balaban J connectivity index is 0.00000242. The number of hydrogen-bond acceptors (Lipinski definition) is 3. The highest BCUT2D eigenvalue weighted by Gasteiger charge is 2.02. The molecule has 0 amide bonds. The molecule has 0 atom stereocenters. The van der Waals surface area contributed by atoms with Gasteiger partial charge in [-0.25, -0.2) is 4.98 Å². The van der Waals surface area contributed by atoms with E-state index in [1.54, 1.807) is 18.4 Å². The largest absolute Gasteiger partial charge is 0.352 e. The van der Waals surface area contributed by atoms with Gasteiger partial charge in [-0.05, 0) is 18.9 Å². The van der Waals surface area contributed by atoms with Gasteiger partial charge in [0.15, 0.2) is 5.96 Å². The Kier molecular flexibility index (Phi) is 8.40. The first-order valence-electron chi connectivity index (χ1n) is 7.14. The Hall–Kier alpha value is -1.15. The summed E-state index contributed by atoms with van der Waals surface area (Å²) in [6.07, 6.45) is 0.991. The van der Waals surface area contributed by atoms with E-state index in [1.807, 2.05) is 0 Å². The van der Waals surface area contributed by atoms with Crippen molar-refractivity contribution < 1.29 is 0 Å². The van der Waals surface area contributed by atoms with Crippen molar-refractivity contribution in [2.45, 2.75) is 33.4 Å². The lowest BCUT2D eigenvalue weighted by atomic mass is 10.1. The first kappa shape index (κ1) is 18.9. The molecule has 120 valence electrons. The van der Waals surface area contributed by atoms with Crippen molar-refractivity contribution >= 4 is 41.3 Å². The van der Waals surface area contributed by atoms with E-state index in [4.69, 9.17) is 0 Å². The van der Waals surface area contributed by atoms with Crippen molar-refractivity contribution in [1.82, 2.24) is 15.6 Å². The molecular weight excluding hydrogens is 407 g/mol. The van der Waals surface area contributed by atoms with Gasteiger partial charge in [0.25, 0.3) is 0 Å². The number of aryl methyl sites for hydroxylation is 2. The van der Waals surface area contributed by atoms with Crippen molar-refractivity contribution in [3.63, 3.8) is 0 Å². The lowest BCUT2D eigenvalue weighted by Crippen LogP contribution is -2.36. The average Bonchev–Trinajstić information content (AvgIpc) is 2.95. The van der Waals surface area contributed by atoms with Crippen LogP contribution in [-0.2, 0) is 19.5 Å². The summed E-state index contributed by atoms with van der Waals surface area (Å²) >= 11 is 1.71. The highest BCUT2D eigenvalue weighted by atomic mass is 127. The van der Waals surface area contributed by atoms with Crippen molar-refractivity contribution in [1.29, 1.82) is 0 Å². The van der Waals surface area contributed by atoms with Gasteiger partial charge in [0.1, 0.15) is 0 Å². The summed E-state index contributed by atoms with van der Waals surface area (Å²) in [4.78, 5) is 8.78. The SMILES string of the molecule is CCc1nc(CNC(=NC)NCc2cccc(C)c2)cs1.I. The fourth-order valence-electron chi connectivity index (χ4n) is 2.00. The van der Waals surface area contributed by atoms with Gasteiger partial charge in [-0.1, -0.05) is 36.8 Å². The summed E-state index contributed by atoms with van der Waals surface area (Å²) in [5, 5.41) is 9.88. The minimum atomic E-state index is 0. The molecule has 0 unspecified atom stereocenters. The number of rotatable bonds is 5. The normalized spacial score (nSPS) is 11.0. The van der Waals surface area contributed by atoms with Crippen LogP contribution in [0.1, 0.15) is 28.8 Å². The molecule has 2 aromatic rings. The summed E-state index contributed by atoms with van der Waals surface area (Å²) in [5.74, 6) is 0.794. The van der Waals surface area contributed by atoms with Gasteiger partial charge in [0, 0.05) is 19.0 Å². The van der Waals surface area contributed by atoms with Crippen LogP contribution in [0.25, 0.3) is 0 Å². The third-order valence-electron chi connectivity index (χ3n) is 3.10. The quantitative estimate of drug-likeness (QED) is 0.434. The Labute approximate surface area is 153 Å². The van der Waals surface area contributed by atoms with Gasteiger partial charge in [-0.2, -0.15) is 0 Å². The summed E-state index contributed by atoms with van der Waals surface area (Å²) in [6.45, 7) is 5.69. The molecule has 0 aliphatic rings. The predicted molar refractivity (Wildman–Crippen MR) is 105 cm³/mol. The lowest BCUT2D eigenvalue weighted by Gasteiger charge is -2.11. The van der Waals surface area contributed by atoms with Gasteiger partial charge in [0.2, 0.25) is 0 Å². The van der Waals surface area contributed by atoms with Gasteiger partial charge >= 0.3 is 0 Å². The van der Waals surface area contributed by atoms with E-state index in [9.17, 15) is 0 Å². The number of hydrogen-bond donors (Lipinski definition) is 2. The number of guanidine groups is 1. The van der Waals surface area contributed by atoms with E-state index in [-0.39, 0.29) is 24.0 Å². The van der Waals surface area contributed by atoms with E-state index in [0.717, 1.165) is 24.6 Å². The van der Waals surface area contributed by atoms with Crippen LogP contribution in [0, 0.1) is 6.92 Å². The molecule has 0 aliphatic heterocycles. The second-order valence-corrected chi connectivity index (χ2v) is 5.80. The van der Waals surface area contributed by atoms with Crippen molar-refractivity contribution in [3.05, 3.63) is 51.5 Å². The molecule has 6 heteroatoms. The summed E-state index contributed by atoms with van der Waals surface area (Å²) in [7, 11) is 1.78. The van der Waals surface area contributed by atoms with Crippen LogP contribution in [0.5, 0.6) is 0 Å². The number of benzene rings is 1. The molecule has 1 aromatic carbocycles. The zero-order chi connectivity index (χ0) is 15.1. The molecule has 0 spiro atoms. The average molecular weight is 430 g/mol. The number of aromatic nitrogens is 1. The number of aliphatic imine (C=N–C) groups is 1. The number of thiazole rings is 1. The molecule has 0 aliphatic carbocycles. The van der Waals surface area contributed by atoms with Crippen molar-refractivity contribution in [2.75, 3.05) is 7.05 Å². The molecule has 1 heterocycles. The van der Waals surface area contributed by atoms with Crippen molar-refractivity contribution in [2.24, 2.45) is 4.99 Å². The van der Waals surface area contributed by atoms with Gasteiger partial charge in [-0.15, -0.1) is 35.3 Å². The number of halogens is 1. The predicted octanol–water partition coefficient (Wildman–Crippen LogP) is 3.50. The Morgan fingerprint density at radius 1 is 1.27 bits per heavy atom.